The second kappa shape index (κ2) is 7.82. The zero-order valence-electron chi connectivity index (χ0n) is 15.2. The summed E-state index contributed by atoms with van der Waals surface area (Å²) in [5.74, 6) is 0.848. The highest BCUT2D eigenvalue weighted by atomic mass is 16.4. The molecule has 1 N–H and O–H groups in total. The van der Waals surface area contributed by atoms with Gasteiger partial charge >= 0.3 is 0 Å². The minimum atomic E-state index is -0.0853. The third-order valence-electron chi connectivity index (χ3n) is 3.97. The van der Waals surface area contributed by atoms with E-state index in [1.54, 1.807) is 0 Å². The van der Waals surface area contributed by atoms with Gasteiger partial charge in [0.15, 0.2) is 0 Å². The van der Waals surface area contributed by atoms with Crippen molar-refractivity contribution in [1.29, 1.82) is 0 Å². The van der Waals surface area contributed by atoms with Crippen molar-refractivity contribution in [2.75, 3.05) is 24.3 Å². The molecule has 0 spiro atoms. The predicted octanol–water partition coefficient (Wildman–Crippen LogP) is 3.68. The maximum Gasteiger partial charge on any atom is 0.247 e. The molecule has 2 aromatic carbocycles. The molecular weight excluding hydrogens is 328 g/mol. The molecule has 0 aliphatic carbocycles. The quantitative estimate of drug-likeness (QED) is 0.734. The molecule has 0 bridgehead atoms. The molecule has 6 nitrogen and oxygen atoms in total. The van der Waals surface area contributed by atoms with Crippen LogP contribution < -0.4 is 10.2 Å². The Labute approximate surface area is 152 Å². The fraction of sp³-hybridized carbons (Fsp3) is 0.250. The standard InChI is InChI=1S/C20H22N4O2/c1-14-5-4-6-15(13-14)20-23-22-19(26-20)12-11-18(25)21-16-7-9-17(10-8-16)24(2)3/h4-10,13H,11-12H2,1-3H3,(H,21,25). The minimum Gasteiger partial charge on any atom is -0.421 e. The van der Waals surface area contributed by atoms with Gasteiger partial charge in [-0.3, -0.25) is 4.79 Å². The van der Waals surface area contributed by atoms with Crippen molar-refractivity contribution in [2.24, 2.45) is 0 Å². The number of hydrogen-bond acceptors (Lipinski definition) is 5. The van der Waals surface area contributed by atoms with Crippen molar-refractivity contribution in [2.45, 2.75) is 19.8 Å². The maximum atomic E-state index is 12.1. The van der Waals surface area contributed by atoms with Crippen LogP contribution in [0.25, 0.3) is 11.5 Å². The van der Waals surface area contributed by atoms with Gasteiger partial charge < -0.3 is 14.6 Å². The lowest BCUT2D eigenvalue weighted by Gasteiger charge is -2.12. The molecule has 6 heteroatoms. The van der Waals surface area contributed by atoms with Crippen LogP contribution in [0.2, 0.25) is 0 Å². The average Bonchev–Trinajstić information content (AvgIpc) is 3.09. The highest BCUT2D eigenvalue weighted by Crippen LogP contribution is 2.20. The molecule has 0 saturated heterocycles. The summed E-state index contributed by atoms with van der Waals surface area (Å²) in [6.07, 6.45) is 0.686. The van der Waals surface area contributed by atoms with Crippen molar-refractivity contribution >= 4 is 17.3 Å². The first-order valence-electron chi connectivity index (χ1n) is 8.48. The van der Waals surface area contributed by atoms with Gasteiger partial charge in [0.2, 0.25) is 17.7 Å². The second-order valence-corrected chi connectivity index (χ2v) is 6.36. The fourth-order valence-electron chi connectivity index (χ4n) is 2.54. The summed E-state index contributed by atoms with van der Waals surface area (Å²) < 4.78 is 5.66. The lowest BCUT2D eigenvalue weighted by molar-refractivity contribution is -0.116. The SMILES string of the molecule is Cc1cccc(-c2nnc(CCC(=O)Nc3ccc(N(C)C)cc3)o2)c1. The number of hydrogen-bond donors (Lipinski definition) is 1. The van der Waals surface area contributed by atoms with Gasteiger partial charge in [-0.2, -0.15) is 0 Å². The van der Waals surface area contributed by atoms with E-state index in [1.807, 2.05) is 74.4 Å². The van der Waals surface area contributed by atoms with E-state index < -0.39 is 0 Å². The molecule has 1 aromatic heterocycles. The normalized spacial score (nSPS) is 10.6. The summed E-state index contributed by atoms with van der Waals surface area (Å²) in [4.78, 5) is 14.1. The summed E-state index contributed by atoms with van der Waals surface area (Å²) in [5.41, 5.74) is 3.86. The monoisotopic (exact) mass is 350 g/mol. The minimum absolute atomic E-state index is 0.0853. The van der Waals surface area contributed by atoms with Crippen molar-refractivity contribution in [3.8, 4) is 11.5 Å². The van der Waals surface area contributed by atoms with Gasteiger partial charge in [-0.15, -0.1) is 10.2 Å². The fourth-order valence-corrected chi connectivity index (χ4v) is 2.54. The van der Waals surface area contributed by atoms with Gasteiger partial charge in [0.25, 0.3) is 0 Å². The molecule has 1 amide bonds. The Balaban J connectivity index is 1.55. The van der Waals surface area contributed by atoms with Gasteiger partial charge in [-0.1, -0.05) is 17.7 Å². The van der Waals surface area contributed by atoms with E-state index in [0.717, 1.165) is 22.5 Å². The Morgan fingerprint density at radius 2 is 1.88 bits per heavy atom. The van der Waals surface area contributed by atoms with E-state index in [4.69, 9.17) is 4.42 Å². The van der Waals surface area contributed by atoms with E-state index in [2.05, 4.69) is 15.5 Å². The van der Waals surface area contributed by atoms with Crippen LogP contribution in [0.3, 0.4) is 0 Å². The molecular formula is C20H22N4O2. The van der Waals surface area contributed by atoms with Crippen LogP contribution in [-0.2, 0) is 11.2 Å². The Hall–Kier alpha value is -3.15. The summed E-state index contributed by atoms with van der Waals surface area (Å²) in [7, 11) is 3.95. The topological polar surface area (TPSA) is 71.3 Å². The van der Waals surface area contributed by atoms with E-state index in [1.165, 1.54) is 0 Å². The molecule has 0 atom stereocenters. The summed E-state index contributed by atoms with van der Waals surface area (Å²) in [6.45, 7) is 2.01. The third-order valence-corrected chi connectivity index (χ3v) is 3.97. The van der Waals surface area contributed by atoms with Crippen LogP contribution in [0.5, 0.6) is 0 Å². The van der Waals surface area contributed by atoms with Crippen LogP contribution in [0.4, 0.5) is 11.4 Å². The van der Waals surface area contributed by atoms with Crippen LogP contribution in [-0.4, -0.2) is 30.2 Å². The molecule has 3 rings (SSSR count). The number of aromatic nitrogens is 2. The lowest BCUT2D eigenvalue weighted by Crippen LogP contribution is -2.13. The van der Waals surface area contributed by atoms with Crippen LogP contribution in [0.1, 0.15) is 17.9 Å². The third kappa shape index (κ3) is 4.47. The number of nitrogens with one attached hydrogen (secondary N) is 1. The van der Waals surface area contributed by atoms with E-state index in [-0.39, 0.29) is 12.3 Å². The zero-order chi connectivity index (χ0) is 18.5. The average molecular weight is 350 g/mol. The molecule has 0 radical (unpaired) electrons. The molecule has 0 saturated carbocycles. The van der Waals surface area contributed by atoms with Gasteiger partial charge in [0.1, 0.15) is 0 Å². The van der Waals surface area contributed by atoms with E-state index in [0.29, 0.717) is 18.2 Å². The highest BCUT2D eigenvalue weighted by molar-refractivity contribution is 5.90. The first-order chi connectivity index (χ1) is 12.5. The van der Waals surface area contributed by atoms with Crippen molar-refractivity contribution in [3.05, 3.63) is 60.0 Å². The number of nitrogens with zero attached hydrogens (tertiary/aromatic N) is 3. The number of aryl methyl sites for hydroxylation is 2. The van der Waals surface area contributed by atoms with Gasteiger partial charge in [-0.25, -0.2) is 0 Å². The van der Waals surface area contributed by atoms with Crippen LogP contribution in [0, 0.1) is 6.92 Å². The first-order valence-corrected chi connectivity index (χ1v) is 8.48. The molecule has 134 valence electrons. The molecule has 0 unspecified atom stereocenters. The Morgan fingerprint density at radius 3 is 2.58 bits per heavy atom. The molecule has 0 fully saturated rings. The molecule has 26 heavy (non-hydrogen) atoms. The molecule has 1 heterocycles. The predicted molar refractivity (Wildman–Crippen MR) is 102 cm³/mol. The molecule has 0 aliphatic heterocycles. The summed E-state index contributed by atoms with van der Waals surface area (Å²) >= 11 is 0. The largest absolute Gasteiger partial charge is 0.421 e. The number of amides is 1. The number of carbonyl (C=O) groups excluding carboxylic acids is 1. The Kier molecular flexibility index (Phi) is 5.31. The van der Waals surface area contributed by atoms with E-state index in [9.17, 15) is 4.79 Å². The number of carbonyl (C=O) groups is 1. The highest BCUT2D eigenvalue weighted by Gasteiger charge is 2.11. The molecule has 0 aliphatic rings. The summed E-state index contributed by atoms with van der Waals surface area (Å²) in [6, 6.07) is 15.6. The first kappa shape index (κ1) is 17.7. The summed E-state index contributed by atoms with van der Waals surface area (Å²) in [5, 5.41) is 11.0. The number of benzene rings is 2. The lowest BCUT2D eigenvalue weighted by atomic mass is 10.1. The van der Waals surface area contributed by atoms with Crippen molar-refractivity contribution in [3.63, 3.8) is 0 Å². The number of rotatable bonds is 6. The van der Waals surface area contributed by atoms with Crippen LogP contribution in [0.15, 0.2) is 52.9 Å². The van der Waals surface area contributed by atoms with Gasteiger partial charge in [0.05, 0.1) is 0 Å². The zero-order valence-corrected chi connectivity index (χ0v) is 15.2. The Bertz CT molecular complexity index is 885. The van der Waals surface area contributed by atoms with Crippen molar-refractivity contribution in [1.82, 2.24) is 10.2 Å². The van der Waals surface area contributed by atoms with Crippen LogP contribution >= 0.6 is 0 Å². The Morgan fingerprint density at radius 1 is 1.12 bits per heavy atom. The smallest absolute Gasteiger partial charge is 0.247 e. The van der Waals surface area contributed by atoms with Crippen molar-refractivity contribution < 1.29 is 9.21 Å². The maximum absolute atomic E-state index is 12.1. The second-order valence-electron chi connectivity index (χ2n) is 6.36. The van der Waals surface area contributed by atoms with Gasteiger partial charge in [-0.05, 0) is 43.3 Å². The molecule has 3 aromatic rings. The van der Waals surface area contributed by atoms with Gasteiger partial charge in [0, 0.05) is 43.9 Å². The van der Waals surface area contributed by atoms with E-state index >= 15 is 0 Å². The number of anilines is 2.